The number of nitrogens with one attached hydrogen (secondary N) is 1. The maximum Gasteiger partial charge on any atom is 0.219 e. The maximum atomic E-state index is 12.2. The molecular weight excluding hydrogens is 378 g/mol. The molecule has 1 aliphatic rings. The predicted molar refractivity (Wildman–Crippen MR) is 118 cm³/mol. The Morgan fingerprint density at radius 2 is 1.77 bits per heavy atom. The molecule has 0 spiro atoms. The van der Waals surface area contributed by atoms with Gasteiger partial charge in [0.15, 0.2) is 11.6 Å². The first-order valence-electron chi connectivity index (χ1n) is 10.9. The van der Waals surface area contributed by atoms with Crippen LogP contribution in [0.5, 0.6) is 0 Å². The summed E-state index contributed by atoms with van der Waals surface area (Å²) in [6.45, 7) is 2.54. The number of carbonyl (C=O) groups is 3. The molecule has 0 unspecified atom stereocenters. The highest BCUT2D eigenvalue weighted by Gasteiger charge is 2.29. The number of hydrogen-bond donors (Lipinski definition) is 2. The Balaban J connectivity index is 1.79. The number of aliphatic hydroxyl groups is 1. The van der Waals surface area contributed by atoms with E-state index >= 15 is 0 Å². The van der Waals surface area contributed by atoms with Crippen LogP contribution in [0.25, 0.3) is 0 Å². The SMILES string of the molecule is CCNC(=O)CCCC=CCC1=C(CC[C@@H](O)CCc2ccccc2)C(=O)CC1=O. The number of rotatable bonds is 13. The van der Waals surface area contributed by atoms with E-state index in [2.05, 4.69) is 5.32 Å². The second kappa shape index (κ2) is 12.9. The van der Waals surface area contributed by atoms with Crippen molar-refractivity contribution >= 4 is 17.5 Å². The summed E-state index contributed by atoms with van der Waals surface area (Å²) >= 11 is 0. The molecule has 162 valence electrons. The Bertz CT molecular complexity index is 780. The fourth-order valence-electron chi connectivity index (χ4n) is 3.64. The molecule has 0 heterocycles. The molecule has 1 amide bonds. The minimum atomic E-state index is -0.493. The molecule has 1 aromatic carbocycles. The normalized spacial score (nSPS) is 15.3. The Morgan fingerprint density at radius 3 is 2.50 bits per heavy atom. The first-order valence-corrected chi connectivity index (χ1v) is 10.9. The molecule has 0 bridgehead atoms. The fourth-order valence-corrected chi connectivity index (χ4v) is 3.64. The molecule has 5 nitrogen and oxygen atoms in total. The molecule has 2 rings (SSSR count). The topological polar surface area (TPSA) is 83.5 Å². The van der Waals surface area contributed by atoms with E-state index in [9.17, 15) is 19.5 Å². The van der Waals surface area contributed by atoms with Crippen molar-refractivity contribution in [1.82, 2.24) is 5.32 Å². The van der Waals surface area contributed by atoms with Crippen molar-refractivity contribution < 1.29 is 19.5 Å². The molecule has 1 atom stereocenters. The Morgan fingerprint density at radius 1 is 1.07 bits per heavy atom. The smallest absolute Gasteiger partial charge is 0.219 e. The molecule has 0 saturated carbocycles. The van der Waals surface area contributed by atoms with Gasteiger partial charge in [-0.05, 0) is 57.4 Å². The number of benzene rings is 1. The Hall–Kier alpha value is -2.53. The zero-order valence-corrected chi connectivity index (χ0v) is 17.9. The number of amides is 1. The minimum absolute atomic E-state index is 0.0458. The van der Waals surface area contributed by atoms with E-state index in [-0.39, 0.29) is 23.9 Å². The fraction of sp³-hybridized carbons (Fsp3) is 0.480. The summed E-state index contributed by atoms with van der Waals surface area (Å²) in [4.78, 5) is 35.8. The largest absolute Gasteiger partial charge is 0.393 e. The van der Waals surface area contributed by atoms with Crippen LogP contribution in [-0.2, 0) is 20.8 Å². The lowest BCUT2D eigenvalue weighted by Gasteiger charge is -2.11. The standard InChI is InChI=1S/C25H33NO4/c1-2-26-25(30)13-9-4-3-8-12-21-22(24(29)18-23(21)28)17-16-20(27)15-14-19-10-6-5-7-11-19/h3,5-8,10-11,20,27H,2,4,9,12-18H2,1H3,(H,26,30)/t20-/m0/s1. The molecule has 1 aromatic rings. The van der Waals surface area contributed by atoms with Gasteiger partial charge in [0, 0.05) is 24.1 Å². The van der Waals surface area contributed by atoms with Crippen LogP contribution in [0, 0.1) is 0 Å². The minimum Gasteiger partial charge on any atom is -0.393 e. The van der Waals surface area contributed by atoms with E-state index in [0.717, 1.165) is 19.3 Å². The summed E-state index contributed by atoms with van der Waals surface area (Å²) in [5.41, 5.74) is 2.36. The van der Waals surface area contributed by atoms with Crippen LogP contribution in [0.3, 0.4) is 0 Å². The second-order valence-corrected chi connectivity index (χ2v) is 7.72. The van der Waals surface area contributed by atoms with Crippen LogP contribution in [0.1, 0.15) is 63.9 Å². The first-order chi connectivity index (χ1) is 14.5. The highest BCUT2D eigenvalue weighted by atomic mass is 16.3. The number of hydrogen-bond acceptors (Lipinski definition) is 4. The molecule has 5 heteroatoms. The number of Topliss-reactive ketones (excluding diaryl/α,β-unsaturated/α-hetero) is 2. The van der Waals surface area contributed by atoms with E-state index in [4.69, 9.17) is 0 Å². The van der Waals surface area contributed by atoms with Crippen molar-refractivity contribution in [3.63, 3.8) is 0 Å². The van der Waals surface area contributed by atoms with Gasteiger partial charge in [0.1, 0.15) is 0 Å². The summed E-state index contributed by atoms with van der Waals surface area (Å²) in [6.07, 6.45) is 8.16. The van der Waals surface area contributed by atoms with Gasteiger partial charge >= 0.3 is 0 Å². The van der Waals surface area contributed by atoms with Crippen LogP contribution in [0.15, 0.2) is 53.6 Å². The van der Waals surface area contributed by atoms with E-state index in [1.807, 2.05) is 49.4 Å². The number of ketones is 2. The van der Waals surface area contributed by atoms with E-state index < -0.39 is 6.10 Å². The third-order valence-electron chi connectivity index (χ3n) is 5.33. The number of aryl methyl sites for hydroxylation is 1. The molecule has 0 saturated heterocycles. The van der Waals surface area contributed by atoms with Crippen LogP contribution in [0.2, 0.25) is 0 Å². The lowest BCUT2D eigenvalue weighted by molar-refractivity contribution is -0.122. The van der Waals surface area contributed by atoms with Gasteiger partial charge in [-0.25, -0.2) is 0 Å². The number of aliphatic hydroxyl groups excluding tert-OH is 1. The van der Waals surface area contributed by atoms with Gasteiger partial charge < -0.3 is 10.4 Å². The maximum absolute atomic E-state index is 12.2. The highest BCUT2D eigenvalue weighted by molar-refractivity contribution is 6.22. The van der Waals surface area contributed by atoms with Crippen molar-refractivity contribution in [1.29, 1.82) is 0 Å². The van der Waals surface area contributed by atoms with Gasteiger partial charge in [-0.3, -0.25) is 14.4 Å². The summed E-state index contributed by atoms with van der Waals surface area (Å²) in [7, 11) is 0. The predicted octanol–water partition coefficient (Wildman–Crippen LogP) is 3.85. The lowest BCUT2D eigenvalue weighted by Crippen LogP contribution is -2.21. The zero-order chi connectivity index (χ0) is 21.8. The van der Waals surface area contributed by atoms with E-state index in [0.29, 0.717) is 49.8 Å². The van der Waals surface area contributed by atoms with Gasteiger partial charge in [-0.2, -0.15) is 0 Å². The van der Waals surface area contributed by atoms with Crippen LogP contribution < -0.4 is 5.32 Å². The summed E-state index contributed by atoms with van der Waals surface area (Å²) in [5, 5.41) is 13.1. The molecule has 0 fully saturated rings. The van der Waals surface area contributed by atoms with Gasteiger partial charge in [-0.15, -0.1) is 0 Å². The number of allylic oxidation sites excluding steroid dienone is 4. The quantitative estimate of drug-likeness (QED) is 0.293. The lowest BCUT2D eigenvalue weighted by atomic mass is 9.98. The van der Waals surface area contributed by atoms with Crippen molar-refractivity contribution in [3.05, 3.63) is 59.2 Å². The molecular formula is C25H33NO4. The van der Waals surface area contributed by atoms with Crippen molar-refractivity contribution in [2.45, 2.75) is 70.8 Å². The van der Waals surface area contributed by atoms with E-state index in [1.165, 1.54) is 5.56 Å². The first kappa shape index (κ1) is 23.7. The van der Waals surface area contributed by atoms with Crippen LogP contribution in [0.4, 0.5) is 0 Å². The number of carbonyl (C=O) groups excluding carboxylic acids is 3. The van der Waals surface area contributed by atoms with Gasteiger partial charge in [0.2, 0.25) is 5.91 Å². The molecule has 0 aromatic heterocycles. The monoisotopic (exact) mass is 411 g/mol. The third kappa shape index (κ3) is 8.07. The third-order valence-corrected chi connectivity index (χ3v) is 5.33. The average Bonchev–Trinajstić information content (AvgIpc) is 3.00. The number of unbranched alkanes of at least 4 members (excludes halogenated alkanes) is 1. The zero-order valence-electron chi connectivity index (χ0n) is 17.9. The van der Waals surface area contributed by atoms with Crippen LogP contribution in [-0.4, -0.2) is 35.2 Å². The van der Waals surface area contributed by atoms with Gasteiger partial charge in [-0.1, -0.05) is 42.5 Å². The Labute approximate surface area is 179 Å². The summed E-state index contributed by atoms with van der Waals surface area (Å²) in [5.74, 6) is -0.145. The highest BCUT2D eigenvalue weighted by Crippen LogP contribution is 2.27. The molecule has 0 radical (unpaired) electrons. The summed E-state index contributed by atoms with van der Waals surface area (Å²) < 4.78 is 0. The molecule has 1 aliphatic carbocycles. The van der Waals surface area contributed by atoms with Gasteiger partial charge in [0.05, 0.1) is 12.5 Å². The Kier molecular flexibility index (Phi) is 10.2. The van der Waals surface area contributed by atoms with Gasteiger partial charge in [0.25, 0.3) is 0 Å². The van der Waals surface area contributed by atoms with Crippen molar-refractivity contribution in [2.75, 3.05) is 6.54 Å². The molecule has 30 heavy (non-hydrogen) atoms. The van der Waals surface area contributed by atoms with Crippen molar-refractivity contribution in [2.24, 2.45) is 0 Å². The second-order valence-electron chi connectivity index (χ2n) is 7.72. The average molecular weight is 412 g/mol. The summed E-state index contributed by atoms with van der Waals surface area (Å²) in [6, 6.07) is 10.0. The molecule has 0 aliphatic heterocycles. The van der Waals surface area contributed by atoms with Crippen LogP contribution >= 0.6 is 0 Å². The van der Waals surface area contributed by atoms with Crippen molar-refractivity contribution in [3.8, 4) is 0 Å². The van der Waals surface area contributed by atoms with E-state index in [1.54, 1.807) is 0 Å². The molecule has 2 N–H and O–H groups in total.